The van der Waals surface area contributed by atoms with Crippen LogP contribution in [0.4, 0.5) is 13.2 Å². The van der Waals surface area contributed by atoms with Gasteiger partial charge in [0.15, 0.2) is 11.6 Å². The number of aryl methyl sites for hydroxylation is 1. The van der Waals surface area contributed by atoms with E-state index in [1.165, 1.54) is 6.07 Å². The lowest BCUT2D eigenvalue weighted by molar-refractivity contribution is -0.00700. The van der Waals surface area contributed by atoms with Crippen LogP contribution >= 0.6 is 0 Å². The largest absolute Gasteiger partial charge is 0.373 e. The molecule has 3 aromatic carbocycles. The Hall–Kier alpha value is -2.85. The van der Waals surface area contributed by atoms with Crippen molar-refractivity contribution in [1.82, 2.24) is 0 Å². The summed E-state index contributed by atoms with van der Waals surface area (Å²) in [5, 5.41) is 0. The zero-order valence-electron chi connectivity index (χ0n) is 18.9. The second-order valence-corrected chi connectivity index (χ2v) is 8.71. The fourth-order valence-electron chi connectivity index (χ4n) is 4.39. The Kier molecular flexibility index (Phi) is 7.34. The first kappa shape index (κ1) is 23.3. The van der Waals surface area contributed by atoms with Crippen LogP contribution in [-0.4, -0.2) is 6.61 Å². The summed E-state index contributed by atoms with van der Waals surface area (Å²) in [6.07, 6.45) is 5.63. The molecule has 1 aliphatic heterocycles. The molecular formula is C29H29F3O. The van der Waals surface area contributed by atoms with Gasteiger partial charge in [-0.2, -0.15) is 0 Å². The van der Waals surface area contributed by atoms with E-state index in [0.29, 0.717) is 35.6 Å². The molecule has 1 nitrogen and oxygen atoms in total. The van der Waals surface area contributed by atoms with Gasteiger partial charge in [-0.15, -0.1) is 6.58 Å². The Morgan fingerprint density at radius 1 is 0.909 bits per heavy atom. The summed E-state index contributed by atoms with van der Waals surface area (Å²) in [6.45, 7) is 6.38. The number of ether oxygens (including phenoxy) is 1. The summed E-state index contributed by atoms with van der Waals surface area (Å²) in [6, 6.07) is 15.5. The van der Waals surface area contributed by atoms with E-state index in [2.05, 4.69) is 6.58 Å². The van der Waals surface area contributed by atoms with Crippen LogP contribution in [0.2, 0.25) is 0 Å². The van der Waals surface area contributed by atoms with Gasteiger partial charge in [0.05, 0.1) is 12.7 Å². The van der Waals surface area contributed by atoms with Gasteiger partial charge in [0, 0.05) is 17.0 Å². The van der Waals surface area contributed by atoms with Gasteiger partial charge in [-0.05, 0) is 54.0 Å². The second-order valence-electron chi connectivity index (χ2n) is 8.71. The quantitative estimate of drug-likeness (QED) is 0.328. The van der Waals surface area contributed by atoms with Gasteiger partial charge in [-0.3, -0.25) is 0 Å². The molecular weight excluding hydrogens is 421 g/mol. The van der Waals surface area contributed by atoms with Crippen LogP contribution in [0.3, 0.4) is 0 Å². The summed E-state index contributed by atoms with van der Waals surface area (Å²) in [5.74, 6) is -1.56. The van der Waals surface area contributed by atoms with Crippen molar-refractivity contribution in [3.05, 3.63) is 95.8 Å². The molecule has 0 spiro atoms. The first-order valence-corrected chi connectivity index (χ1v) is 11.6. The lowest BCUT2D eigenvalue weighted by Crippen LogP contribution is -2.19. The third kappa shape index (κ3) is 5.06. The molecule has 0 N–H and O–H groups in total. The van der Waals surface area contributed by atoms with E-state index in [1.807, 2.05) is 19.1 Å². The van der Waals surface area contributed by atoms with Crippen molar-refractivity contribution >= 4 is 0 Å². The van der Waals surface area contributed by atoms with Crippen molar-refractivity contribution in [2.45, 2.75) is 45.1 Å². The molecule has 4 heteroatoms. The van der Waals surface area contributed by atoms with Crippen molar-refractivity contribution in [1.29, 1.82) is 0 Å². The molecule has 2 unspecified atom stereocenters. The molecule has 0 aromatic heterocycles. The first-order chi connectivity index (χ1) is 16.0. The fraction of sp³-hybridized carbons (Fsp3) is 0.310. The van der Waals surface area contributed by atoms with Crippen LogP contribution in [0.5, 0.6) is 0 Å². The molecule has 33 heavy (non-hydrogen) atoms. The number of unbranched alkanes of at least 4 members (excludes halogenated alkanes) is 1. The van der Waals surface area contributed by atoms with E-state index < -0.39 is 11.6 Å². The minimum absolute atomic E-state index is 0.230. The van der Waals surface area contributed by atoms with Crippen molar-refractivity contribution < 1.29 is 17.9 Å². The maximum Gasteiger partial charge on any atom is 0.166 e. The zero-order valence-corrected chi connectivity index (χ0v) is 18.9. The number of benzene rings is 3. The Labute approximate surface area is 193 Å². The average molecular weight is 451 g/mol. The van der Waals surface area contributed by atoms with Crippen molar-refractivity contribution in [3.63, 3.8) is 0 Å². The summed E-state index contributed by atoms with van der Waals surface area (Å²) in [7, 11) is 0. The average Bonchev–Trinajstić information content (AvgIpc) is 2.85. The minimum Gasteiger partial charge on any atom is -0.373 e. The Morgan fingerprint density at radius 3 is 2.27 bits per heavy atom. The fourth-order valence-corrected chi connectivity index (χ4v) is 4.39. The summed E-state index contributed by atoms with van der Waals surface area (Å²) in [5.41, 5.74) is 3.32. The highest BCUT2D eigenvalue weighted by atomic mass is 19.2. The van der Waals surface area contributed by atoms with E-state index in [-0.39, 0.29) is 17.5 Å². The van der Waals surface area contributed by atoms with Gasteiger partial charge in [0.2, 0.25) is 0 Å². The highest BCUT2D eigenvalue weighted by Gasteiger charge is 2.24. The van der Waals surface area contributed by atoms with Gasteiger partial charge in [0.25, 0.3) is 0 Å². The zero-order chi connectivity index (χ0) is 23.4. The third-order valence-electron chi connectivity index (χ3n) is 6.48. The standard InChI is InChI=1S/C29H29F3O/c1-3-5-6-22-12-14-24(29(32)28(22)31)21-10-8-20(9-11-21)23-13-15-25(26(30)17-23)27-16-7-19(4-2)18-33-27/h4,8-15,17,19,27H,2-3,5-7,16,18H2,1H3. The predicted molar refractivity (Wildman–Crippen MR) is 127 cm³/mol. The number of hydrogen-bond acceptors (Lipinski definition) is 1. The van der Waals surface area contributed by atoms with Crippen molar-refractivity contribution in [2.75, 3.05) is 6.61 Å². The lowest BCUT2D eigenvalue weighted by Gasteiger charge is -2.28. The normalized spacial score (nSPS) is 18.3. The van der Waals surface area contributed by atoms with E-state index in [1.54, 1.807) is 42.5 Å². The van der Waals surface area contributed by atoms with E-state index in [4.69, 9.17) is 4.74 Å². The van der Waals surface area contributed by atoms with Crippen LogP contribution in [-0.2, 0) is 11.2 Å². The molecule has 1 heterocycles. The number of rotatable bonds is 7. The van der Waals surface area contributed by atoms with Crippen LogP contribution in [0, 0.1) is 23.4 Å². The lowest BCUT2D eigenvalue weighted by atomic mass is 9.93. The summed E-state index contributed by atoms with van der Waals surface area (Å²) in [4.78, 5) is 0. The summed E-state index contributed by atoms with van der Waals surface area (Å²) < 4.78 is 49.8. The van der Waals surface area contributed by atoms with E-state index >= 15 is 0 Å². The van der Waals surface area contributed by atoms with Crippen LogP contribution in [0.15, 0.2) is 67.3 Å². The van der Waals surface area contributed by atoms with Gasteiger partial charge in [-0.25, -0.2) is 13.2 Å². The molecule has 0 aliphatic carbocycles. The molecule has 1 saturated heterocycles. The highest BCUT2D eigenvalue weighted by Crippen LogP contribution is 2.35. The SMILES string of the molecule is C=CC1CCC(c2ccc(-c3ccc(-c4ccc(CCCC)c(F)c4F)cc3)cc2F)OC1. The Balaban J connectivity index is 1.52. The second kappa shape index (κ2) is 10.4. The minimum atomic E-state index is -0.821. The summed E-state index contributed by atoms with van der Waals surface area (Å²) >= 11 is 0. The topological polar surface area (TPSA) is 9.23 Å². The van der Waals surface area contributed by atoms with Gasteiger partial charge < -0.3 is 4.74 Å². The molecule has 1 fully saturated rings. The Bertz CT molecular complexity index is 1110. The van der Waals surface area contributed by atoms with Crippen LogP contribution < -0.4 is 0 Å². The molecule has 0 saturated carbocycles. The third-order valence-corrected chi connectivity index (χ3v) is 6.48. The van der Waals surface area contributed by atoms with Crippen molar-refractivity contribution in [3.8, 4) is 22.3 Å². The van der Waals surface area contributed by atoms with E-state index in [9.17, 15) is 13.2 Å². The molecule has 3 aromatic rings. The number of halogens is 3. The molecule has 4 rings (SSSR count). The maximum absolute atomic E-state index is 14.9. The smallest absolute Gasteiger partial charge is 0.166 e. The van der Waals surface area contributed by atoms with Gasteiger partial charge >= 0.3 is 0 Å². The first-order valence-electron chi connectivity index (χ1n) is 11.6. The maximum atomic E-state index is 14.9. The van der Waals surface area contributed by atoms with Crippen molar-refractivity contribution in [2.24, 2.45) is 5.92 Å². The molecule has 0 radical (unpaired) electrons. The van der Waals surface area contributed by atoms with Crippen LogP contribution in [0.1, 0.15) is 49.8 Å². The monoisotopic (exact) mass is 450 g/mol. The molecule has 0 amide bonds. The molecule has 2 atom stereocenters. The highest BCUT2D eigenvalue weighted by molar-refractivity contribution is 5.71. The van der Waals surface area contributed by atoms with E-state index in [0.717, 1.165) is 36.8 Å². The predicted octanol–water partition coefficient (Wildman–Crippen LogP) is 8.43. The molecule has 172 valence electrons. The number of hydrogen-bond donors (Lipinski definition) is 0. The van der Waals surface area contributed by atoms with Crippen LogP contribution in [0.25, 0.3) is 22.3 Å². The molecule has 1 aliphatic rings. The van der Waals surface area contributed by atoms with Gasteiger partial charge in [0.1, 0.15) is 5.82 Å². The van der Waals surface area contributed by atoms with Gasteiger partial charge in [-0.1, -0.05) is 68.0 Å². The molecule has 0 bridgehead atoms. The Morgan fingerprint density at radius 2 is 1.64 bits per heavy atom.